The number of aromatic nitrogens is 3. The number of aryl methyl sites for hydroxylation is 1. The van der Waals surface area contributed by atoms with Crippen LogP contribution in [0.3, 0.4) is 0 Å². The van der Waals surface area contributed by atoms with Gasteiger partial charge in [-0.15, -0.1) is 0 Å². The standard InChI is InChI=1S/C24H25ClN6O2/c1-3-30-15-17(12-27-30)23(32)29-8-6-28(7-9-29)19-11-20(14-26-13-19)31-16(2)22-10-18(25)4-5-21(22)24(31)33/h4-5,10-16H,3,6-9H2,1-2H3/t16-/m0/s1. The van der Waals surface area contributed by atoms with Gasteiger partial charge in [0.15, 0.2) is 0 Å². The van der Waals surface area contributed by atoms with E-state index in [1.807, 2.05) is 37.1 Å². The fourth-order valence-corrected chi connectivity index (χ4v) is 4.76. The van der Waals surface area contributed by atoms with Gasteiger partial charge in [-0.25, -0.2) is 0 Å². The fraction of sp³-hybridized carbons (Fsp3) is 0.333. The van der Waals surface area contributed by atoms with E-state index in [0.717, 1.165) is 23.5 Å². The van der Waals surface area contributed by atoms with Crippen molar-refractivity contribution in [1.29, 1.82) is 0 Å². The van der Waals surface area contributed by atoms with Crippen LogP contribution >= 0.6 is 11.6 Å². The minimum atomic E-state index is -0.123. The Labute approximate surface area is 197 Å². The number of pyridine rings is 1. The maximum Gasteiger partial charge on any atom is 0.259 e. The molecule has 0 spiro atoms. The summed E-state index contributed by atoms with van der Waals surface area (Å²) in [5, 5.41) is 4.83. The Hall–Kier alpha value is -3.39. The summed E-state index contributed by atoms with van der Waals surface area (Å²) in [4.78, 5) is 36.1. The average molecular weight is 465 g/mol. The van der Waals surface area contributed by atoms with E-state index in [1.165, 1.54) is 0 Å². The molecule has 3 aromatic rings. The monoisotopic (exact) mass is 464 g/mol. The molecule has 1 fully saturated rings. The number of anilines is 2. The molecule has 2 aliphatic heterocycles. The van der Waals surface area contributed by atoms with Crippen LogP contribution < -0.4 is 9.80 Å². The second kappa shape index (κ2) is 8.51. The number of carbonyl (C=O) groups is 2. The molecule has 2 aliphatic rings. The van der Waals surface area contributed by atoms with Gasteiger partial charge >= 0.3 is 0 Å². The van der Waals surface area contributed by atoms with Gasteiger partial charge < -0.3 is 9.80 Å². The zero-order valence-corrected chi connectivity index (χ0v) is 19.4. The first-order valence-corrected chi connectivity index (χ1v) is 11.5. The highest BCUT2D eigenvalue weighted by molar-refractivity contribution is 6.31. The molecule has 1 atom stereocenters. The third kappa shape index (κ3) is 3.84. The van der Waals surface area contributed by atoms with Crippen molar-refractivity contribution in [3.8, 4) is 0 Å². The van der Waals surface area contributed by atoms with Crippen molar-refractivity contribution in [2.45, 2.75) is 26.4 Å². The molecule has 9 heteroatoms. The van der Waals surface area contributed by atoms with E-state index >= 15 is 0 Å². The Morgan fingerprint density at radius 3 is 2.58 bits per heavy atom. The first-order valence-electron chi connectivity index (χ1n) is 11.1. The summed E-state index contributed by atoms with van der Waals surface area (Å²) in [6, 6.07) is 7.27. The first kappa shape index (κ1) is 21.5. The highest BCUT2D eigenvalue weighted by Crippen LogP contribution is 2.39. The van der Waals surface area contributed by atoms with E-state index in [-0.39, 0.29) is 17.9 Å². The predicted molar refractivity (Wildman–Crippen MR) is 127 cm³/mol. The summed E-state index contributed by atoms with van der Waals surface area (Å²) >= 11 is 6.16. The normalized spacial score (nSPS) is 18.1. The largest absolute Gasteiger partial charge is 0.367 e. The van der Waals surface area contributed by atoms with Gasteiger partial charge in [0.1, 0.15) is 0 Å². The molecule has 2 aromatic heterocycles. The van der Waals surface area contributed by atoms with Gasteiger partial charge in [-0.3, -0.25) is 24.2 Å². The van der Waals surface area contributed by atoms with Gasteiger partial charge in [-0.05, 0) is 43.7 Å². The number of hydrogen-bond donors (Lipinski definition) is 0. The number of amides is 2. The molecule has 0 radical (unpaired) electrons. The summed E-state index contributed by atoms with van der Waals surface area (Å²) in [7, 11) is 0. The lowest BCUT2D eigenvalue weighted by atomic mass is 10.1. The van der Waals surface area contributed by atoms with Crippen LogP contribution in [0.15, 0.2) is 49.1 Å². The topological polar surface area (TPSA) is 74.6 Å². The van der Waals surface area contributed by atoms with Gasteiger partial charge in [0.25, 0.3) is 11.8 Å². The van der Waals surface area contributed by atoms with Crippen LogP contribution in [-0.2, 0) is 6.54 Å². The molecule has 0 saturated carbocycles. The van der Waals surface area contributed by atoms with Crippen molar-refractivity contribution in [1.82, 2.24) is 19.7 Å². The number of carbonyl (C=O) groups excluding carboxylic acids is 2. The van der Waals surface area contributed by atoms with Crippen LogP contribution in [0.5, 0.6) is 0 Å². The van der Waals surface area contributed by atoms with Gasteiger partial charge in [0.2, 0.25) is 0 Å². The van der Waals surface area contributed by atoms with Gasteiger partial charge in [0.05, 0.1) is 41.6 Å². The van der Waals surface area contributed by atoms with Crippen LogP contribution in [0, 0.1) is 0 Å². The van der Waals surface area contributed by atoms with E-state index in [0.29, 0.717) is 42.3 Å². The zero-order valence-electron chi connectivity index (χ0n) is 18.6. The van der Waals surface area contributed by atoms with E-state index in [2.05, 4.69) is 15.0 Å². The molecule has 0 N–H and O–H groups in total. The summed E-state index contributed by atoms with van der Waals surface area (Å²) in [5.41, 5.74) is 3.91. The Kier molecular flexibility index (Phi) is 5.54. The molecular formula is C24H25ClN6O2. The van der Waals surface area contributed by atoms with Crippen molar-refractivity contribution in [2.24, 2.45) is 0 Å². The minimum absolute atomic E-state index is 0.00846. The number of halogens is 1. The molecule has 0 aliphatic carbocycles. The molecule has 8 nitrogen and oxygen atoms in total. The number of hydrogen-bond acceptors (Lipinski definition) is 5. The lowest BCUT2D eigenvalue weighted by Crippen LogP contribution is -2.48. The van der Waals surface area contributed by atoms with Gasteiger partial charge in [0, 0.05) is 49.5 Å². The van der Waals surface area contributed by atoms with Crippen LogP contribution in [-0.4, -0.2) is 57.7 Å². The lowest BCUT2D eigenvalue weighted by molar-refractivity contribution is 0.0746. The van der Waals surface area contributed by atoms with Crippen molar-refractivity contribution >= 4 is 34.8 Å². The Balaban J connectivity index is 1.30. The van der Waals surface area contributed by atoms with Crippen LogP contribution in [0.25, 0.3) is 0 Å². The Bertz CT molecular complexity index is 1220. The van der Waals surface area contributed by atoms with Crippen molar-refractivity contribution < 1.29 is 9.59 Å². The second-order valence-corrected chi connectivity index (χ2v) is 8.78. The summed E-state index contributed by atoms with van der Waals surface area (Å²) < 4.78 is 1.76. The number of piperazine rings is 1. The predicted octanol–water partition coefficient (Wildman–Crippen LogP) is 3.64. The zero-order chi connectivity index (χ0) is 23.1. The Morgan fingerprint density at radius 1 is 1.09 bits per heavy atom. The van der Waals surface area contributed by atoms with E-state index < -0.39 is 0 Å². The third-order valence-electron chi connectivity index (χ3n) is 6.42. The molecule has 1 saturated heterocycles. The van der Waals surface area contributed by atoms with Gasteiger partial charge in [-0.1, -0.05) is 11.6 Å². The van der Waals surface area contributed by atoms with Crippen LogP contribution in [0.1, 0.15) is 46.2 Å². The van der Waals surface area contributed by atoms with E-state index in [9.17, 15) is 9.59 Å². The number of nitrogens with zero attached hydrogens (tertiary/aromatic N) is 6. The van der Waals surface area contributed by atoms with E-state index in [4.69, 9.17) is 11.6 Å². The van der Waals surface area contributed by atoms with Crippen molar-refractivity contribution in [2.75, 3.05) is 36.0 Å². The van der Waals surface area contributed by atoms with Crippen molar-refractivity contribution in [3.05, 3.63) is 70.8 Å². The molecule has 5 rings (SSSR count). The second-order valence-electron chi connectivity index (χ2n) is 8.35. The quantitative estimate of drug-likeness (QED) is 0.589. The smallest absolute Gasteiger partial charge is 0.259 e. The Morgan fingerprint density at radius 2 is 1.85 bits per heavy atom. The van der Waals surface area contributed by atoms with Crippen molar-refractivity contribution in [3.63, 3.8) is 0 Å². The first-order chi connectivity index (χ1) is 16.0. The SMILES string of the molecule is CCn1cc(C(=O)N2CCN(c3cncc(N4C(=O)c5ccc(Cl)cc5[C@@H]4C)c3)CC2)cn1. The molecule has 33 heavy (non-hydrogen) atoms. The number of fused-ring (bicyclic) bond motifs is 1. The molecule has 170 valence electrons. The third-order valence-corrected chi connectivity index (χ3v) is 6.66. The van der Waals surface area contributed by atoms with Gasteiger partial charge in [-0.2, -0.15) is 5.10 Å². The number of rotatable bonds is 4. The average Bonchev–Trinajstić information content (AvgIpc) is 3.42. The maximum atomic E-state index is 13.1. The fourth-order valence-electron chi connectivity index (χ4n) is 4.58. The van der Waals surface area contributed by atoms with Crippen LogP contribution in [0.4, 0.5) is 11.4 Å². The molecule has 0 bridgehead atoms. The maximum absolute atomic E-state index is 13.1. The highest BCUT2D eigenvalue weighted by atomic mass is 35.5. The summed E-state index contributed by atoms with van der Waals surface area (Å²) in [5.74, 6) is -0.0368. The lowest BCUT2D eigenvalue weighted by Gasteiger charge is -2.36. The molecule has 2 amide bonds. The highest BCUT2D eigenvalue weighted by Gasteiger charge is 2.35. The summed E-state index contributed by atoms with van der Waals surface area (Å²) in [6.07, 6.45) is 6.95. The minimum Gasteiger partial charge on any atom is -0.367 e. The van der Waals surface area contributed by atoms with E-state index in [1.54, 1.807) is 40.3 Å². The molecule has 1 aromatic carbocycles. The molecule has 4 heterocycles. The number of benzene rings is 1. The molecule has 0 unspecified atom stereocenters. The van der Waals surface area contributed by atoms with Crippen LogP contribution in [0.2, 0.25) is 5.02 Å². The molecular weight excluding hydrogens is 440 g/mol. The summed E-state index contributed by atoms with van der Waals surface area (Å²) in [6.45, 7) is 7.34.